The van der Waals surface area contributed by atoms with Crippen LogP contribution in [0.1, 0.15) is 42.5 Å². The van der Waals surface area contributed by atoms with E-state index in [0.717, 1.165) is 19.4 Å². The van der Waals surface area contributed by atoms with Crippen molar-refractivity contribution in [1.82, 2.24) is 10.2 Å². The number of hydrogen-bond acceptors (Lipinski definition) is 4. The highest BCUT2D eigenvalue weighted by atomic mass is 32.1. The Kier molecular flexibility index (Phi) is 4.94. The lowest BCUT2D eigenvalue weighted by molar-refractivity contribution is -0.189. The van der Waals surface area contributed by atoms with Gasteiger partial charge in [0.2, 0.25) is 0 Å². The van der Waals surface area contributed by atoms with Crippen LogP contribution in [-0.4, -0.2) is 43.0 Å². The molecule has 6 heteroatoms. The molecule has 2 fully saturated rings. The SMILES string of the molecule is Cc1ccc([C@H](C)NC(=O)N2CCC[C@H](C3(C)OCCO3)C2)s1. The Hall–Kier alpha value is -1.11. The Balaban J connectivity index is 1.58. The number of aryl methyl sites for hydroxylation is 1. The van der Waals surface area contributed by atoms with Crippen molar-refractivity contribution in [2.24, 2.45) is 5.92 Å². The van der Waals surface area contributed by atoms with E-state index in [1.807, 2.05) is 18.7 Å². The zero-order valence-corrected chi connectivity index (χ0v) is 14.9. The second-order valence-electron chi connectivity index (χ2n) is 6.62. The van der Waals surface area contributed by atoms with Crippen LogP contribution in [-0.2, 0) is 9.47 Å². The average molecular weight is 338 g/mol. The van der Waals surface area contributed by atoms with Gasteiger partial charge in [0.1, 0.15) is 0 Å². The van der Waals surface area contributed by atoms with Gasteiger partial charge in [-0.1, -0.05) is 0 Å². The van der Waals surface area contributed by atoms with Gasteiger partial charge >= 0.3 is 6.03 Å². The van der Waals surface area contributed by atoms with E-state index in [4.69, 9.17) is 9.47 Å². The molecule has 3 rings (SSSR count). The molecule has 0 aliphatic carbocycles. The van der Waals surface area contributed by atoms with Gasteiger partial charge in [-0.05, 0) is 45.7 Å². The third-order valence-electron chi connectivity index (χ3n) is 4.84. The molecule has 0 unspecified atom stereocenters. The summed E-state index contributed by atoms with van der Waals surface area (Å²) >= 11 is 1.73. The van der Waals surface area contributed by atoms with Gasteiger partial charge in [0, 0.05) is 28.8 Å². The molecule has 2 amide bonds. The molecule has 0 saturated carbocycles. The normalized spacial score (nSPS) is 25.3. The lowest BCUT2D eigenvalue weighted by Crippen LogP contribution is -2.51. The molecule has 2 aliphatic rings. The zero-order valence-electron chi connectivity index (χ0n) is 14.1. The number of nitrogens with one attached hydrogen (secondary N) is 1. The summed E-state index contributed by atoms with van der Waals surface area (Å²) in [6, 6.07) is 4.23. The summed E-state index contributed by atoms with van der Waals surface area (Å²) in [5.74, 6) is -0.293. The van der Waals surface area contributed by atoms with E-state index in [1.54, 1.807) is 11.3 Å². The van der Waals surface area contributed by atoms with E-state index >= 15 is 0 Å². The van der Waals surface area contributed by atoms with E-state index in [2.05, 4.69) is 24.4 Å². The molecule has 5 nitrogen and oxygen atoms in total. The number of piperidine rings is 1. The largest absolute Gasteiger partial charge is 0.347 e. The third kappa shape index (κ3) is 3.70. The maximum Gasteiger partial charge on any atom is 0.317 e. The molecule has 2 saturated heterocycles. The summed E-state index contributed by atoms with van der Waals surface area (Å²) in [5.41, 5.74) is 0. The lowest BCUT2D eigenvalue weighted by atomic mass is 9.90. The first kappa shape index (κ1) is 16.7. The fourth-order valence-corrected chi connectivity index (χ4v) is 4.27. The van der Waals surface area contributed by atoms with Crippen molar-refractivity contribution >= 4 is 17.4 Å². The number of hydrogen-bond donors (Lipinski definition) is 1. The molecule has 23 heavy (non-hydrogen) atoms. The van der Waals surface area contributed by atoms with E-state index in [0.29, 0.717) is 19.8 Å². The Morgan fingerprint density at radius 3 is 2.83 bits per heavy atom. The molecule has 1 N–H and O–H groups in total. The number of ether oxygens (including phenoxy) is 2. The minimum atomic E-state index is -0.532. The topological polar surface area (TPSA) is 50.8 Å². The number of carbonyl (C=O) groups is 1. The number of likely N-dealkylation sites (tertiary alicyclic amines) is 1. The first-order valence-corrected chi connectivity index (χ1v) is 9.19. The van der Waals surface area contributed by atoms with Crippen LogP contribution in [0.5, 0.6) is 0 Å². The number of amides is 2. The van der Waals surface area contributed by atoms with Gasteiger partial charge < -0.3 is 19.7 Å². The van der Waals surface area contributed by atoms with Crippen molar-refractivity contribution in [3.8, 4) is 0 Å². The van der Waals surface area contributed by atoms with Crippen LogP contribution in [0.25, 0.3) is 0 Å². The standard InChI is InChI=1S/C17H26N2O3S/c1-12-6-7-15(23-12)13(2)18-16(20)19-8-4-5-14(11-19)17(3)21-9-10-22-17/h6-7,13-14H,4-5,8-11H2,1-3H3,(H,18,20)/t13-,14-/m0/s1. The Labute approximate surface area is 142 Å². The second-order valence-corrected chi connectivity index (χ2v) is 7.94. The van der Waals surface area contributed by atoms with Gasteiger partial charge in [-0.3, -0.25) is 0 Å². The number of urea groups is 1. The van der Waals surface area contributed by atoms with Gasteiger partial charge in [-0.25, -0.2) is 4.79 Å². The van der Waals surface area contributed by atoms with Gasteiger partial charge in [-0.2, -0.15) is 0 Å². The quantitative estimate of drug-likeness (QED) is 0.920. The molecular formula is C17H26N2O3S. The van der Waals surface area contributed by atoms with Crippen LogP contribution >= 0.6 is 11.3 Å². The van der Waals surface area contributed by atoms with E-state index in [9.17, 15) is 4.79 Å². The molecular weight excluding hydrogens is 312 g/mol. The first-order chi connectivity index (χ1) is 11.0. The van der Waals surface area contributed by atoms with Crippen LogP contribution in [0.3, 0.4) is 0 Å². The molecule has 0 bridgehead atoms. The maximum atomic E-state index is 12.6. The van der Waals surface area contributed by atoms with Crippen molar-refractivity contribution in [3.63, 3.8) is 0 Å². The van der Waals surface area contributed by atoms with Crippen LogP contribution in [0, 0.1) is 12.8 Å². The van der Waals surface area contributed by atoms with Crippen LogP contribution in [0.2, 0.25) is 0 Å². The van der Waals surface area contributed by atoms with E-state index in [1.165, 1.54) is 9.75 Å². The summed E-state index contributed by atoms with van der Waals surface area (Å²) in [5, 5.41) is 3.12. The molecule has 128 valence electrons. The summed E-state index contributed by atoms with van der Waals surface area (Å²) < 4.78 is 11.6. The minimum Gasteiger partial charge on any atom is -0.347 e. The second kappa shape index (κ2) is 6.79. The van der Waals surface area contributed by atoms with Crippen molar-refractivity contribution in [3.05, 3.63) is 21.9 Å². The molecule has 1 aromatic rings. The summed E-state index contributed by atoms with van der Waals surface area (Å²) in [6.45, 7) is 8.91. The lowest BCUT2D eigenvalue weighted by Gasteiger charge is -2.40. The number of thiophene rings is 1. The summed E-state index contributed by atoms with van der Waals surface area (Å²) in [4.78, 5) is 17.0. The van der Waals surface area contributed by atoms with Gasteiger partial charge in [-0.15, -0.1) is 11.3 Å². The van der Waals surface area contributed by atoms with Crippen molar-refractivity contribution < 1.29 is 14.3 Å². The van der Waals surface area contributed by atoms with Crippen LogP contribution < -0.4 is 5.32 Å². The monoisotopic (exact) mass is 338 g/mol. The van der Waals surface area contributed by atoms with Gasteiger partial charge in [0.25, 0.3) is 0 Å². The third-order valence-corrected chi connectivity index (χ3v) is 6.02. The van der Waals surface area contributed by atoms with Crippen molar-refractivity contribution in [2.75, 3.05) is 26.3 Å². The van der Waals surface area contributed by atoms with Crippen molar-refractivity contribution in [1.29, 1.82) is 0 Å². The highest BCUT2D eigenvalue weighted by Crippen LogP contribution is 2.34. The maximum absolute atomic E-state index is 12.6. The van der Waals surface area contributed by atoms with Crippen LogP contribution in [0.15, 0.2) is 12.1 Å². The van der Waals surface area contributed by atoms with E-state index < -0.39 is 5.79 Å². The molecule has 2 aliphatic heterocycles. The van der Waals surface area contributed by atoms with Crippen LogP contribution in [0.4, 0.5) is 4.79 Å². The molecule has 1 aromatic heterocycles. The fraction of sp³-hybridized carbons (Fsp3) is 0.706. The number of carbonyl (C=O) groups excluding carboxylic acids is 1. The molecule has 3 heterocycles. The van der Waals surface area contributed by atoms with Crippen molar-refractivity contribution in [2.45, 2.75) is 45.4 Å². The highest BCUT2D eigenvalue weighted by Gasteiger charge is 2.42. The predicted octanol–water partition coefficient (Wildman–Crippen LogP) is 3.30. The number of rotatable bonds is 3. The molecule has 0 spiro atoms. The zero-order chi connectivity index (χ0) is 16.4. The summed E-state index contributed by atoms with van der Waals surface area (Å²) in [6.07, 6.45) is 2.03. The summed E-state index contributed by atoms with van der Waals surface area (Å²) in [7, 11) is 0. The Bertz CT molecular complexity index is 554. The molecule has 0 radical (unpaired) electrons. The highest BCUT2D eigenvalue weighted by molar-refractivity contribution is 7.12. The minimum absolute atomic E-state index is 0.00912. The number of nitrogens with zero attached hydrogens (tertiary/aromatic N) is 1. The fourth-order valence-electron chi connectivity index (χ4n) is 3.39. The Morgan fingerprint density at radius 1 is 1.43 bits per heavy atom. The van der Waals surface area contributed by atoms with Gasteiger partial charge in [0.15, 0.2) is 5.79 Å². The average Bonchev–Trinajstić information content (AvgIpc) is 3.17. The predicted molar refractivity (Wildman–Crippen MR) is 90.6 cm³/mol. The first-order valence-electron chi connectivity index (χ1n) is 8.37. The molecule has 0 aromatic carbocycles. The smallest absolute Gasteiger partial charge is 0.317 e. The van der Waals surface area contributed by atoms with E-state index in [-0.39, 0.29) is 18.0 Å². The van der Waals surface area contributed by atoms with Gasteiger partial charge in [0.05, 0.1) is 19.3 Å². The Morgan fingerprint density at radius 2 is 2.17 bits per heavy atom. The molecule has 2 atom stereocenters.